The van der Waals surface area contributed by atoms with E-state index in [1.807, 2.05) is 12.3 Å². The van der Waals surface area contributed by atoms with E-state index in [-0.39, 0.29) is 16.5 Å². The Hall–Kier alpha value is -1.74. The van der Waals surface area contributed by atoms with Gasteiger partial charge in [0.1, 0.15) is 0 Å². The van der Waals surface area contributed by atoms with Crippen molar-refractivity contribution in [2.24, 2.45) is 0 Å². The molecule has 140 valence electrons. The monoisotopic (exact) mass is 377 g/mol. The Morgan fingerprint density at radius 1 is 1.15 bits per heavy atom. The van der Waals surface area contributed by atoms with Gasteiger partial charge in [0.25, 0.3) is 0 Å². The van der Waals surface area contributed by atoms with Gasteiger partial charge in [0.15, 0.2) is 0 Å². The van der Waals surface area contributed by atoms with Gasteiger partial charge >= 0.3 is 0 Å². The van der Waals surface area contributed by atoms with Gasteiger partial charge in [0, 0.05) is 38.3 Å². The number of nitrogens with one attached hydrogen (secondary N) is 1. The molecule has 0 amide bonds. The molecule has 1 spiro atoms. The second kappa shape index (κ2) is 7.11. The summed E-state index contributed by atoms with van der Waals surface area (Å²) in [5, 5.41) is 4.15. The van der Waals surface area contributed by atoms with Crippen molar-refractivity contribution in [1.82, 2.24) is 14.5 Å². The number of aromatic nitrogens is 2. The Morgan fingerprint density at radius 2 is 1.92 bits per heavy atom. The molecule has 2 aliphatic heterocycles. The molecule has 1 aromatic carbocycles. The largest absolute Gasteiger partial charge is 0.381 e. The van der Waals surface area contributed by atoms with Crippen molar-refractivity contribution in [3.8, 4) is 5.69 Å². The van der Waals surface area contributed by atoms with E-state index in [9.17, 15) is 8.42 Å². The van der Waals surface area contributed by atoms with E-state index in [2.05, 4.69) is 9.82 Å². The second-order valence-electron chi connectivity index (χ2n) is 6.90. The molecule has 2 saturated heterocycles. The van der Waals surface area contributed by atoms with Gasteiger partial charge in [-0.25, -0.2) is 17.8 Å². The summed E-state index contributed by atoms with van der Waals surface area (Å²) in [6, 6.07) is 8.45. The molecule has 0 aliphatic carbocycles. The van der Waals surface area contributed by atoms with E-state index in [0.29, 0.717) is 32.7 Å². The summed E-state index contributed by atoms with van der Waals surface area (Å²) >= 11 is 0. The Bertz CT molecular complexity index is 822. The summed E-state index contributed by atoms with van der Waals surface area (Å²) in [4.78, 5) is 0.265. The van der Waals surface area contributed by atoms with E-state index in [4.69, 9.17) is 9.47 Å². The maximum absolute atomic E-state index is 12.8. The molecule has 8 heteroatoms. The lowest BCUT2D eigenvalue weighted by molar-refractivity contribution is -0.138. The van der Waals surface area contributed by atoms with Gasteiger partial charge in [-0.1, -0.05) is 0 Å². The van der Waals surface area contributed by atoms with Crippen molar-refractivity contribution >= 4 is 10.0 Å². The minimum absolute atomic E-state index is 0.113. The number of hydrogen-bond donors (Lipinski definition) is 1. The van der Waals surface area contributed by atoms with Gasteiger partial charge in [-0.15, -0.1) is 0 Å². The van der Waals surface area contributed by atoms with Crippen molar-refractivity contribution in [3.05, 3.63) is 42.7 Å². The highest BCUT2D eigenvalue weighted by Gasteiger charge is 2.40. The average Bonchev–Trinajstić information content (AvgIpc) is 3.17. The first kappa shape index (κ1) is 17.7. The quantitative estimate of drug-likeness (QED) is 0.880. The molecule has 0 radical (unpaired) electrons. The van der Waals surface area contributed by atoms with Crippen molar-refractivity contribution < 1.29 is 17.9 Å². The Kier molecular flexibility index (Phi) is 4.83. The molecule has 2 aliphatic rings. The zero-order chi connectivity index (χ0) is 18.0. The summed E-state index contributed by atoms with van der Waals surface area (Å²) in [6.07, 6.45) is 6.53. The van der Waals surface area contributed by atoms with Crippen LogP contribution >= 0.6 is 0 Å². The third-order valence-electron chi connectivity index (χ3n) is 5.13. The molecule has 3 heterocycles. The van der Waals surface area contributed by atoms with E-state index >= 15 is 0 Å². The predicted octanol–water partition coefficient (Wildman–Crippen LogP) is 1.88. The van der Waals surface area contributed by atoms with Crippen LogP contribution in [0.5, 0.6) is 0 Å². The Labute approximate surface area is 153 Å². The number of benzene rings is 1. The van der Waals surface area contributed by atoms with Crippen LogP contribution in [0.25, 0.3) is 5.69 Å². The van der Waals surface area contributed by atoms with Crippen LogP contribution in [0, 0.1) is 0 Å². The fourth-order valence-electron chi connectivity index (χ4n) is 3.71. The van der Waals surface area contributed by atoms with Gasteiger partial charge in [0.05, 0.1) is 16.2 Å². The molecule has 0 saturated carbocycles. The molecule has 7 nitrogen and oxygen atoms in total. The van der Waals surface area contributed by atoms with Crippen LogP contribution in [0.2, 0.25) is 0 Å². The van der Waals surface area contributed by atoms with E-state index in [0.717, 1.165) is 18.5 Å². The summed E-state index contributed by atoms with van der Waals surface area (Å²) in [5.41, 5.74) is 0.578. The minimum atomic E-state index is -3.57. The highest BCUT2D eigenvalue weighted by molar-refractivity contribution is 7.89. The third kappa shape index (κ3) is 3.68. The zero-order valence-corrected chi connectivity index (χ0v) is 15.3. The second-order valence-corrected chi connectivity index (χ2v) is 8.61. The molecule has 1 N–H and O–H groups in total. The van der Waals surface area contributed by atoms with E-state index in [1.54, 1.807) is 35.1 Å². The molecule has 4 rings (SSSR count). The topological polar surface area (TPSA) is 82.5 Å². The third-order valence-corrected chi connectivity index (χ3v) is 6.67. The van der Waals surface area contributed by atoms with Gasteiger partial charge in [-0.2, -0.15) is 5.10 Å². The SMILES string of the molecule is O=S(=O)(N[C@H]1CCOC2(CCOCC2)C1)c1ccc(-n2cccn2)cc1. The zero-order valence-electron chi connectivity index (χ0n) is 14.5. The normalized spacial score (nSPS) is 23.2. The lowest BCUT2D eigenvalue weighted by Gasteiger charge is -2.43. The lowest BCUT2D eigenvalue weighted by Crippen LogP contribution is -2.50. The Morgan fingerprint density at radius 3 is 2.62 bits per heavy atom. The number of rotatable bonds is 4. The smallest absolute Gasteiger partial charge is 0.240 e. The highest BCUT2D eigenvalue weighted by atomic mass is 32.2. The molecule has 2 aromatic rings. The van der Waals surface area contributed by atoms with Crippen LogP contribution in [-0.4, -0.2) is 49.7 Å². The van der Waals surface area contributed by atoms with Crippen LogP contribution in [0.15, 0.2) is 47.6 Å². The van der Waals surface area contributed by atoms with Crippen LogP contribution in [0.1, 0.15) is 25.7 Å². The fourth-order valence-corrected chi connectivity index (χ4v) is 4.98. The lowest BCUT2D eigenvalue weighted by atomic mass is 9.84. The number of ether oxygens (including phenoxy) is 2. The molecule has 0 bridgehead atoms. The van der Waals surface area contributed by atoms with Gasteiger partial charge < -0.3 is 9.47 Å². The number of hydrogen-bond acceptors (Lipinski definition) is 5. The Balaban J connectivity index is 1.46. The van der Waals surface area contributed by atoms with Crippen LogP contribution < -0.4 is 4.72 Å². The summed E-state index contributed by atoms with van der Waals surface area (Å²) in [5.74, 6) is 0. The molecule has 26 heavy (non-hydrogen) atoms. The van der Waals surface area contributed by atoms with Gasteiger partial charge in [-0.05, 0) is 56.0 Å². The van der Waals surface area contributed by atoms with Gasteiger partial charge in [0.2, 0.25) is 10.0 Å². The van der Waals surface area contributed by atoms with Crippen molar-refractivity contribution in [2.45, 2.75) is 42.2 Å². The first-order chi connectivity index (χ1) is 12.6. The van der Waals surface area contributed by atoms with Crippen molar-refractivity contribution in [2.75, 3.05) is 19.8 Å². The predicted molar refractivity (Wildman–Crippen MR) is 95.6 cm³/mol. The minimum Gasteiger partial charge on any atom is -0.381 e. The van der Waals surface area contributed by atoms with Gasteiger partial charge in [-0.3, -0.25) is 0 Å². The van der Waals surface area contributed by atoms with Crippen LogP contribution in [-0.2, 0) is 19.5 Å². The standard InChI is InChI=1S/C18H23N3O4S/c22-26(23,17-4-2-16(3-5-17)21-10-1-9-19-21)20-15-6-11-25-18(14-15)7-12-24-13-8-18/h1-5,9-10,15,20H,6-8,11-14H2/t15-/m0/s1. The van der Waals surface area contributed by atoms with Crippen molar-refractivity contribution in [1.29, 1.82) is 0 Å². The maximum atomic E-state index is 12.8. The fraction of sp³-hybridized carbons (Fsp3) is 0.500. The molecule has 1 atom stereocenters. The molecule has 1 aromatic heterocycles. The summed E-state index contributed by atoms with van der Waals surface area (Å²) in [7, 11) is -3.57. The summed E-state index contributed by atoms with van der Waals surface area (Å²) in [6.45, 7) is 1.92. The molecule has 0 unspecified atom stereocenters. The first-order valence-electron chi connectivity index (χ1n) is 8.91. The summed E-state index contributed by atoms with van der Waals surface area (Å²) < 4.78 is 41.5. The molecule has 2 fully saturated rings. The van der Waals surface area contributed by atoms with E-state index in [1.165, 1.54) is 0 Å². The van der Waals surface area contributed by atoms with Crippen molar-refractivity contribution in [3.63, 3.8) is 0 Å². The van der Waals surface area contributed by atoms with Crippen LogP contribution in [0.4, 0.5) is 0 Å². The number of nitrogens with zero attached hydrogens (tertiary/aromatic N) is 2. The first-order valence-corrected chi connectivity index (χ1v) is 10.4. The maximum Gasteiger partial charge on any atom is 0.240 e. The molecular weight excluding hydrogens is 354 g/mol. The van der Waals surface area contributed by atoms with Crippen LogP contribution in [0.3, 0.4) is 0 Å². The molecular formula is C18H23N3O4S. The highest BCUT2D eigenvalue weighted by Crippen LogP contribution is 2.34. The average molecular weight is 377 g/mol. The number of sulfonamides is 1. The van der Waals surface area contributed by atoms with E-state index < -0.39 is 10.0 Å².